The Balaban J connectivity index is 2.20. The molecular weight excluding hydrogens is 264 g/mol. The average molecular weight is 278 g/mol. The summed E-state index contributed by atoms with van der Waals surface area (Å²) >= 11 is 1.35. The largest absolute Gasteiger partial charge is 0.496 e. The van der Waals surface area contributed by atoms with E-state index in [1.807, 2.05) is 6.92 Å². The molecule has 0 atom stereocenters. The van der Waals surface area contributed by atoms with Crippen LogP contribution in [0, 0.1) is 0 Å². The molecule has 1 aromatic heterocycles. The summed E-state index contributed by atoms with van der Waals surface area (Å²) in [7, 11) is 1.49. The number of aryl methyl sites for hydroxylation is 1. The van der Waals surface area contributed by atoms with Gasteiger partial charge in [-0.05, 0) is 18.6 Å². The van der Waals surface area contributed by atoms with Gasteiger partial charge in [0.15, 0.2) is 0 Å². The second kappa shape index (κ2) is 5.66. The van der Waals surface area contributed by atoms with E-state index in [0.717, 1.165) is 11.4 Å². The van der Waals surface area contributed by atoms with Crippen molar-refractivity contribution in [2.75, 3.05) is 18.2 Å². The molecule has 3 N–H and O–H groups in total. The molecule has 0 spiro atoms. The lowest BCUT2D eigenvalue weighted by atomic mass is 10.1. The normalized spacial score (nSPS) is 10.2. The fourth-order valence-electron chi connectivity index (χ4n) is 1.51. The van der Waals surface area contributed by atoms with E-state index in [-0.39, 0.29) is 5.91 Å². The van der Waals surface area contributed by atoms with E-state index in [2.05, 4.69) is 15.5 Å². The van der Waals surface area contributed by atoms with Crippen molar-refractivity contribution in [3.05, 3.63) is 28.8 Å². The van der Waals surface area contributed by atoms with Crippen LogP contribution in [0.25, 0.3) is 0 Å². The van der Waals surface area contributed by atoms with Crippen LogP contribution in [0.4, 0.5) is 10.8 Å². The molecule has 19 heavy (non-hydrogen) atoms. The molecule has 1 aromatic carbocycles. The predicted octanol–water partition coefficient (Wildman–Crippen LogP) is 1.94. The number of carbonyl (C=O) groups is 1. The van der Waals surface area contributed by atoms with Crippen molar-refractivity contribution >= 4 is 28.1 Å². The molecule has 2 rings (SSSR count). The van der Waals surface area contributed by atoms with E-state index in [4.69, 9.17) is 10.5 Å². The lowest BCUT2D eigenvalue weighted by Crippen LogP contribution is -2.13. The first-order valence-electron chi connectivity index (χ1n) is 5.71. The fourth-order valence-corrected chi connectivity index (χ4v) is 2.18. The second-order valence-corrected chi connectivity index (χ2v) is 4.83. The number of hydrogen-bond acceptors (Lipinski definition) is 6. The van der Waals surface area contributed by atoms with E-state index in [1.54, 1.807) is 18.2 Å². The molecular formula is C12H14N4O2S. The predicted molar refractivity (Wildman–Crippen MR) is 74.6 cm³/mol. The number of rotatable bonds is 4. The van der Waals surface area contributed by atoms with Crippen LogP contribution >= 0.6 is 11.3 Å². The van der Waals surface area contributed by atoms with Gasteiger partial charge < -0.3 is 10.5 Å². The van der Waals surface area contributed by atoms with Gasteiger partial charge in [-0.25, -0.2) is 0 Å². The van der Waals surface area contributed by atoms with Crippen molar-refractivity contribution in [2.45, 2.75) is 13.3 Å². The van der Waals surface area contributed by atoms with Crippen molar-refractivity contribution < 1.29 is 9.53 Å². The molecule has 0 radical (unpaired) electrons. The number of aromatic nitrogens is 2. The number of ether oxygens (including phenoxy) is 1. The summed E-state index contributed by atoms with van der Waals surface area (Å²) < 4.78 is 5.14. The highest BCUT2D eigenvalue weighted by Gasteiger charge is 2.14. The van der Waals surface area contributed by atoms with Gasteiger partial charge >= 0.3 is 0 Å². The Morgan fingerprint density at radius 3 is 2.89 bits per heavy atom. The minimum atomic E-state index is -0.296. The Kier molecular flexibility index (Phi) is 3.96. The molecule has 0 saturated heterocycles. The summed E-state index contributed by atoms with van der Waals surface area (Å²) in [5.74, 6) is 0.133. The number of carbonyl (C=O) groups excluding carboxylic acids is 1. The number of nitrogens with two attached hydrogens (primary N) is 1. The van der Waals surface area contributed by atoms with Gasteiger partial charge in [0, 0.05) is 11.8 Å². The Bertz CT molecular complexity index is 597. The highest BCUT2D eigenvalue weighted by molar-refractivity contribution is 7.15. The molecule has 0 aliphatic rings. The van der Waals surface area contributed by atoms with Crippen LogP contribution in [0.15, 0.2) is 18.2 Å². The van der Waals surface area contributed by atoms with Crippen LogP contribution in [0.2, 0.25) is 0 Å². The van der Waals surface area contributed by atoms with Crippen LogP contribution in [0.1, 0.15) is 22.3 Å². The summed E-state index contributed by atoms with van der Waals surface area (Å²) in [6, 6.07) is 4.87. The van der Waals surface area contributed by atoms with E-state index >= 15 is 0 Å². The molecule has 1 heterocycles. The smallest absolute Gasteiger partial charge is 0.261 e. The molecule has 0 aliphatic carbocycles. The summed E-state index contributed by atoms with van der Waals surface area (Å²) in [6.45, 7) is 1.98. The van der Waals surface area contributed by atoms with Gasteiger partial charge in [0.1, 0.15) is 10.8 Å². The number of benzene rings is 1. The first-order valence-corrected chi connectivity index (χ1v) is 6.53. The third-order valence-electron chi connectivity index (χ3n) is 2.46. The van der Waals surface area contributed by atoms with E-state index in [9.17, 15) is 4.79 Å². The number of nitrogens with one attached hydrogen (secondary N) is 1. The minimum Gasteiger partial charge on any atom is -0.496 e. The molecule has 0 aliphatic heterocycles. The number of nitrogens with zero attached hydrogens (tertiary/aromatic N) is 2. The van der Waals surface area contributed by atoms with E-state index in [1.165, 1.54) is 18.4 Å². The quantitative estimate of drug-likeness (QED) is 0.834. The molecule has 0 unspecified atom stereocenters. The van der Waals surface area contributed by atoms with Crippen LogP contribution in [0.5, 0.6) is 5.75 Å². The van der Waals surface area contributed by atoms with Crippen molar-refractivity contribution in [1.82, 2.24) is 10.2 Å². The molecule has 100 valence electrons. The number of anilines is 2. The summed E-state index contributed by atoms with van der Waals surface area (Å²) in [4.78, 5) is 12.1. The third kappa shape index (κ3) is 3.00. The fraction of sp³-hybridized carbons (Fsp3) is 0.250. The molecule has 1 amide bonds. The van der Waals surface area contributed by atoms with Crippen LogP contribution in [0.3, 0.4) is 0 Å². The Hall–Kier alpha value is -2.15. The Morgan fingerprint density at radius 1 is 1.47 bits per heavy atom. The molecule has 0 fully saturated rings. The Morgan fingerprint density at radius 2 is 2.26 bits per heavy atom. The van der Waals surface area contributed by atoms with Crippen LogP contribution < -0.4 is 15.8 Å². The maximum absolute atomic E-state index is 12.1. The van der Waals surface area contributed by atoms with E-state index < -0.39 is 0 Å². The van der Waals surface area contributed by atoms with Crippen molar-refractivity contribution in [3.63, 3.8) is 0 Å². The van der Waals surface area contributed by atoms with Gasteiger partial charge in [0.2, 0.25) is 5.13 Å². The molecule has 0 saturated carbocycles. The molecule has 2 aromatic rings. The first-order chi connectivity index (χ1) is 9.13. The lowest BCUT2D eigenvalue weighted by Gasteiger charge is -2.08. The van der Waals surface area contributed by atoms with Crippen LogP contribution in [-0.4, -0.2) is 23.2 Å². The monoisotopic (exact) mass is 278 g/mol. The van der Waals surface area contributed by atoms with Crippen molar-refractivity contribution in [1.29, 1.82) is 0 Å². The van der Waals surface area contributed by atoms with Gasteiger partial charge in [0.25, 0.3) is 5.91 Å². The van der Waals surface area contributed by atoms with Gasteiger partial charge in [-0.3, -0.25) is 10.1 Å². The zero-order valence-corrected chi connectivity index (χ0v) is 11.5. The number of methoxy groups -OCH3 is 1. The molecule has 6 nitrogen and oxygen atoms in total. The highest BCUT2D eigenvalue weighted by Crippen LogP contribution is 2.23. The van der Waals surface area contributed by atoms with Gasteiger partial charge in [-0.15, -0.1) is 10.2 Å². The van der Waals surface area contributed by atoms with Gasteiger partial charge in [0.05, 0.1) is 12.7 Å². The SMILES string of the molecule is CCc1nnc(NC(=O)c2ccc(N)cc2OC)s1. The van der Waals surface area contributed by atoms with Gasteiger partial charge in [-0.2, -0.15) is 0 Å². The van der Waals surface area contributed by atoms with Crippen LogP contribution in [-0.2, 0) is 6.42 Å². The summed E-state index contributed by atoms with van der Waals surface area (Å²) in [6.07, 6.45) is 0.790. The van der Waals surface area contributed by atoms with Crippen molar-refractivity contribution in [3.8, 4) is 5.75 Å². The number of hydrogen-bond donors (Lipinski definition) is 2. The molecule has 0 bridgehead atoms. The average Bonchev–Trinajstić information content (AvgIpc) is 2.86. The minimum absolute atomic E-state index is 0.296. The lowest BCUT2D eigenvalue weighted by molar-refractivity contribution is 0.102. The molecule has 7 heteroatoms. The second-order valence-electron chi connectivity index (χ2n) is 3.77. The highest BCUT2D eigenvalue weighted by atomic mass is 32.1. The van der Waals surface area contributed by atoms with Crippen molar-refractivity contribution in [2.24, 2.45) is 0 Å². The summed E-state index contributed by atoms with van der Waals surface area (Å²) in [5, 5.41) is 11.9. The topological polar surface area (TPSA) is 90.1 Å². The number of amides is 1. The zero-order chi connectivity index (χ0) is 13.8. The zero-order valence-electron chi connectivity index (χ0n) is 10.6. The number of nitrogen functional groups attached to an aromatic ring is 1. The van der Waals surface area contributed by atoms with E-state index in [0.29, 0.717) is 22.1 Å². The summed E-state index contributed by atoms with van der Waals surface area (Å²) in [5.41, 5.74) is 6.59. The first kappa shape index (κ1) is 13.3. The van der Waals surface area contributed by atoms with Gasteiger partial charge in [-0.1, -0.05) is 18.3 Å². The third-order valence-corrected chi connectivity index (χ3v) is 3.44. The maximum atomic E-state index is 12.1. The Labute approximate surface area is 114 Å². The standard InChI is InChI=1S/C12H14N4O2S/c1-3-10-15-16-12(19-10)14-11(17)8-5-4-7(13)6-9(8)18-2/h4-6H,3,13H2,1-2H3,(H,14,16,17). The maximum Gasteiger partial charge on any atom is 0.261 e.